The van der Waals surface area contributed by atoms with Gasteiger partial charge in [0.15, 0.2) is 5.16 Å². The van der Waals surface area contributed by atoms with Crippen LogP contribution >= 0.6 is 23.1 Å². The van der Waals surface area contributed by atoms with E-state index in [1.54, 1.807) is 16.7 Å². The summed E-state index contributed by atoms with van der Waals surface area (Å²) >= 11 is 2.70. The van der Waals surface area contributed by atoms with Crippen molar-refractivity contribution in [1.82, 2.24) is 19.7 Å². The summed E-state index contributed by atoms with van der Waals surface area (Å²) in [5.74, 6) is -0.256. The van der Waals surface area contributed by atoms with Gasteiger partial charge in [-0.05, 0) is 42.0 Å². The minimum Gasteiger partial charge on any atom is -0.295 e. The molecule has 0 saturated carbocycles. The maximum absolute atomic E-state index is 13.3. The first-order valence-electron chi connectivity index (χ1n) is 9.59. The van der Waals surface area contributed by atoms with E-state index in [0.29, 0.717) is 27.6 Å². The van der Waals surface area contributed by atoms with Gasteiger partial charge < -0.3 is 0 Å². The van der Waals surface area contributed by atoms with Gasteiger partial charge in [0, 0.05) is 11.3 Å². The Labute approximate surface area is 187 Å². The number of nitrogens with one attached hydrogen (secondary N) is 1. The van der Waals surface area contributed by atoms with Gasteiger partial charge in [0.2, 0.25) is 5.13 Å². The molecule has 2 aromatic carbocycles. The molecular weight excluding hydrogens is 433 g/mol. The number of nitrogens with zero attached hydrogens (tertiary/aromatic N) is 4. The largest absolute Gasteiger partial charge is 0.295 e. The number of carbonyl (C=O) groups is 1. The van der Waals surface area contributed by atoms with Crippen molar-refractivity contribution >= 4 is 34.1 Å². The van der Waals surface area contributed by atoms with Crippen molar-refractivity contribution in [2.24, 2.45) is 0 Å². The monoisotopic (exact) mass is 453 g/mol. The van der Waals surface area contributed by atoms with Gasteiger partial charge in [0.1, 0.15) is 16.5 Å². The van der Waals surface area contributed by atoms with Gasteiger partial charge in [-0.1, -0.05) is 61.2 Å². The second-order valence-corrected chi connectivity index (χ2v) is 8.84. The number of rotatable bonds is 6. The fraction of sp³-hybridized carbons (Fsp3) is 0.182. The lowest BCUT2D eigenvalue weighted by atomic mass is 10.0. The SMILES string of the molecule is CSc1ncc(C(=O)Nc2nnc(-c3ccc(C(C)C)cc3)s2)n1-c1ccc(F)cc1. The topological polar surface area (TPSA) is 72.7 Å². The van der Waals surface area contributed by atoms with Crippen molar-refractivity contribution in [3.8, 4) is 16.3 Å². The third-order valence-electron chi connectivity index (χ3n) is 4.70. The molecule has 4 aromatic rings. The number of benzene rings is 2. The molecule has 4 rings (SSSR count). The molecule has 1 N–H and O–H groups in total. The van der Waals surface area contributed by atoms with E-state index in [1.165, 1.54) is 47.0 Å². The van der Waals surface area contributed by atoms with E-state index in [2.05, 4.69) is 46.5 Å². The summed E-state index contributed by atoms with van der Waals surface area (Å²) in [6.45, 7) is 4.29. The van der Waals surface area contributed by atoms with Crippen molar-refractivity contribution in [2.75, 3.05) is 11.6 Å². The molecule has 0 saturated heterocycles. The Morgan fingerprint density at radius 2 is 1.81 bits per heavy atom. The number of aromatic nitrogens is 4. The molecule has 2 aromatic heterocycles. The van der Waals surface area contributed by atoms with Gasteiger partial charge >= 0.3 is 0 Å². The van der Waals surface area contributed by atoms with Gasteiger partial charge in [-0.2, -0.15) is 0 Å². The Morgan fingerprint density at radius 3 is 2.45 bits per heavy atom. The van der Waals surface area contributed by atoms with Crippen LogP contribution in [-0.4, -0.2) is 31.9 Å². The maximum atomic E-state index is 13.3. The van der Waals surface area contributed by atoms with Crippen molar-refractivity contribution in [2.45, 2.75) is 24.9 Å². The molecule has 0 spiro atoms. The third kappa shape index (κ3) is 4.52. The van der Waals surface area contributed by atoms with E-state index in [0.717, 1.165) is 10.6 Å². The lowest BCUT2D eigenvalue weighted by molar-refractivity contribution is 0.102. The zero-order valence-electron chi connectivity index (χ0n) is 17.2. The first-order chi connectivity index (χ1) is 15.0. The molecule has 9 heteroatoms. The van der Waals surface area contributed by atoms with E-state index < -0.39 is 0 Å². The summed E-state index contributed by atoms with van der Waals surface area (Å²) in [5.41, 5.74) is 3.18. The first kappa shape index (κ1) is 21.2. The number of carbonyl (C=O) groups excluding carboxylic acids is 1. The van der Waals surface area contributed by atoms with E-state index in [4.69, 9.17) is 0 Å². The number of hydrogen-bond acceptors (Lipinski definition) is 6. The molecule has 0 aliphatic rings. The van der Waals surface area contributed by atoms with Crippen molar-refractivity contribution < 1.29 is 9.18 Å². The summed E-state index contributed by atoms with van der Waals surface area (Å²) in [4.78, 5) is 17.3. The fourth-order valence-electron chi connectivity index (χ4n) is 3.04. The number of hydrogen-bond donors (Lipinski definition) is 1. The quantitative estimate of drug-likeness (QED) is 0.383. The molecule has 2 heterocycles. The Kier molecular flexibility index (Phi) is 6.15. The van der Waals surface area contributed by atoms with Gasteiger partial charge in [-0.3, -0.25) is 14.7 Å². The lowest BCUT2D eigenvalue weighted by Crippen LogP contribution is -2.16. The number of anilines is 1. The van der Waals surface area contributed by atoms with Crippen LogP contribution in [0.1, 0.15) is 35.8 Å². The van der Waals surface area contributed by atoms with Crippen molar-refractivity contribution in [1.29, 1.82) is 0 Å². The highest BCUT2D eigenvalue weighted by Crippen LogP contribution is 2.29. The van der Waals surface area contributed by atoms with Gasteiger partial charge in [-0.15, -0.1) is 10.2 Å². The van der Waals surface area contributed by atoms with Crippen LogP contribution in [0.2, 0.25) is 0 Å². The smallest absolute Gasteiger partial charge is 0.276 e. The Bertz CT molecular complexity index is 1200. The van der Waals surface area contributed by atoms with Crippen LogP contribution in [0.4, 0.5) is 9.52 Å². The van der Waals surface area contributed by atoms with Gasteiger partial charge in [0.05, 0.1) is 6.20 Å². The van der Waals surface area contributed by atoms with Crippen LogP contribution in [-0.2, 0) is 0 Å². The lowest BCUT2D eigenvalue weighted by Gasteiger charge is -2.10. The summed E-state index contributed by atoms with van der Waals surface area (Å²) in [6.07, 6.45) is 3.36. The zero-order valence-corrected chi connectivity index (χ0v) is 18.8. The molecule has 0 bridgehead atoms. The molecule has 31 heavy (non-hydrogen) atoms. The summed E-state index contributed by atoms with van der Waals surface area (Å²) in [7, 11) is 0. The summed E-state index contributed by atoms with van der Waals surface area (Å²) in [6, 6.07) is 14.1. The summed E-state index contributed by atoms with van der Waals surface area (Å²) in [5, 5.41) is 12.9. The average Bonchev–Trinajstić information content (AvgIpc) is 3.41. The Balaban J connectivity index is 1.57. The van der Waals surface area contributed by atoms with Crippen molar-refractivity contribution in [3.05, 3.63) is 71.8 Å². The predicted molar refractivity (Wildman–Crippen MR) is 123 cm³/mol. The average molecular weight is 454 g/mol. The molecule has 0 aliphatic heterocycles. The zero-order chi connectivity index (χ0) is 22.0. The van der Waals surface area contributed by atoms with Gasteiger partial charge in [-0.25, -0.2) is 9.37 Å². The molecular formula is C22H20FN5OS2. The highest BCUT2D eigenvalue weighted by molar-refractivity contribution is 7.98. The number of halogens is 1. The highest BCUT2D eigenvalue weighted by Gasteiger charge is 2.19. The Morgan fingerprint density at radius 1 is 1.10 bits per heavy atom. The molecule has 6 nitrogen and oxygen atoms in total. The third-order valence-corrected chi connectivity index (χ3v) is 6.24. The molecule has 0 unspecified atom stereocenters. The molecule has 0 atom stereocenters. The first-order valence-corrected chi connectivity index (χ1v) is 11.6. The minimum absolute atomic E-state index is 0.328. The van der Waals surface area contributed by atoms with Crippen LogP contribution < -0.4 is 5.32 Å². The molecule has 1 amide bonds. The maximum Gasteiger partial charge on any atom is 0.276 e. The standard InChI is InChI=1S/C22H20FN5OS2/c1-13(2)14-4-6-15(7-5-14)20-26-27-21(31-20)25-19(29)18-12-24-22(30-3)28(18)17-10-8-16(23)9-11-17/h4-13H,1-3H3,(H,25,27,29). The second-order valence-electron chi connectivity index (χ2n) is 7.09. The Hall–Kier alpha value is -3.04. The highest BCUT2D eigenvalue weighted by atomic mass is 32.2. The molecule has 0 aliphatic carbocycles. The van der Waals surface area contributed by atoms with Crippen LogP contribution in [0.5, 0.6) is 0 Å². The second kappa shape index (κ2) is 8.99. The van der Waals surface area contributed by atoms with Crippen LogP contribution in [0, 0.1) is 5.82 Å². The van der Waals surface area contributed by atoms with Crippen molar-refractivity contribution in [3.63, 3.8) is 0 Å². The van der Waals surface area contributed by atoms with Crippen LogP contribution in [0.25, 0.3) is 16.3 Å². The fourth-order valence-corrected chi connectivity index (χ4v) is 4.33. The van der Waals surface area contributed by atoms with E-state index >= 15 is 0 Å². The molecule has 0 radical (unpaired) electrons. The van der Waals surface area contributed by atoms with Crippen LogP contribution in [0.15, 0.2) is 59.9 Å². The van der Waals surface area contributed by atoms with E-state index in [9.17, 15) is 9.18 Å². The number of amides is 1. The number of thioether (sulfide) groups is 1. The molecule has 0 fully saturated rings. The predicted octanol–water partition coefficient (Wildman–Crippen LogP) is 5.63. The summed E-state index contributed by atoms with van der Waals surface area (Å²) < 4.78 is 15.0. The van der Waals surface area contributed by atoms with Gasteiger partial charge in [0.25, 0.3) is 5.91 Å². The van der Waals surface area contributed by atoms with E-state index in [1.807, 2.05) is 18.4 Å². The van der Waals surface area contributed by atoms with E-state index in [-0.39, 0.29) is 11.7 Å². The van der Waals surface area contributed by atoms with Crippen LogP contribution in [0.3, 0.4) is 0 Å². The minimum atomic E-state index is -0.366. The number of imidazole rings is 1. The molecule has 158 valence electrons. The normalized spacial score (nSPS) is 11.1.